The molecule has 2 aromatic rings. The van der Waals surface area contributed by atoms with Gasteiger partial charge < -0.3 is 0 Å². The molecule has 0 bridgehead atoms. The molecule has 2 rings (SSSR count). The van der Waals surface area contributed by atoms with Gasteiger partial charge in [0, 0.05) is 5.69 Å². The molecule has 0 aliphatic heterocycles. The highest BCUT2D eigenvalue weighted by molar-refractivity contribution is 9.10. The summed E-state index contributed by atoms with van der Waals surface area (Å²) in [7, 11) is 0. The van der Waals surface area contributed by atoms with Gasteiger partial charge in [0.15, 0.2) is 5.65 Å². The Hall–Kier alpha value is -0.610. The van der Waals surface area contributed by atoms with Crippen molar-refractivity contribution < 1.29 is 0 Å². The molecule has 0 amide bonds. The van der Waals surface area contributed by atoms with Crippen molar-refractivity contribution in [1.29, 1.82) is 0 Å². The average Bonchev–Trinajstić information content (AvgIpc) is 2.49. The van der Waals surface area contributed by atoms with Gasteiger partial charge in [0.25, 0.3) is 0 Å². The van der Waals surface area contributed by atoms with Crippen LogP contribution < -0.4 is 0 Å². The average molecular weight is 275 g/mol. The second kappa shape index (κ2) is 3.87. The monoisotopic (exact) mass is 273 g/mol. The van der Waals surface area contributed by atoms with Crippen molar-refractivity contribution in [2.24, 2.45) is 0 Å². The van der Waals surface area contributed by atoms with Crippen molar-refractivity contribution in [2.75, 3.05) is 0 Å². The minimum absolute atomic E-state index is 0.601. The van der Waals surface area contributed by atoms with E-state index in [1.807, 2.05) is 6.07 Å². The van der Waals surface area contributed by atoms with Gasteiger partial charge >= 0.3 is 0 Å². The normalized spacial score (nSPS) is 11.1. The molecule has 0 unspecified atom stereocenters. The van der Waals surface area contributed by atoms with E-state index in [9.17, 15) is 0 Å². The molecule has 3 nitrogen and oxygen atoms in total. The molecular formula is C9H9BrClN3. The third-order valence-corrected chi connectivity index (χ3v) is 2.77. The maximum Gasteiger partial charge on any atom is 0.171 e. The van der Waals surface area contributed by atoms with Crippen LogP contribution in [0.15, 0.2) is 16.7 Å². The Morgan fingerprint density at radius 1 is 1.57 bits per heavy atom. The maximum absolute atomic E-state index is 6.05. The van der Waals surface area contributed by atoms with E-state index in [4.69, 9.17) is 11.6 Å². The Morgan fingerprint density at radius 3 is 3.07 bits per heavy atom. The molecule has 0 atom stereocenters. The zero-order valence-electron chi connectivity index (χ0n) is 7.67. The van der Waals surface area contributed by atoms with Gasteiger partial charge in [0.2, 0.25) is 0 Å². The van der Waals surface area contributed by atoms with Gasteiger partial charge in [0.1, 0.15) is 5.15 Å². The van der Waals surface area contributed by atoms with Gasteiger partial charge in [0.05, 0.1) is 10.7 Å². The summed E-state index contributed by atoms with van der Waals surface area (Å²) in [4.78, 5) is 4.45. The van der Waals surface area contributed by atoms with Crippen molar-refractivity contribution in [3.63, 3.8) is 0 Å². The SMILES string of the molecule is CCCc1cc(Cl)n2ncc(Br)c2n1. The minimum atomic E-state index is 0.601. The summed E-state index contributed by atoms with van der Waals surface area (Å²) in [5, 5.41) is 4.70. The van der Waals surface area contributed by atoms with Crippen LogP contribution in [0.2, 0.25) is 5.15 Å². The van der Waals surface area contributed by atoms with E-state index in [-0.39, 0.29) is 0 Å². The third-order valence-electron chi connectivity index (χ3n) is 1.94. The van der Waals surface area contributed by atoms with E-state index in [0.29, 0.717) is 5.15 Å². The predicted molar refractivity (Wildman–Crippen MR) is 59.7 cm³/mol. The summed E-state index contributed by atoms with van der Waals surface area (Å²) in [5.41, 5.74) is 1.78. The summed E-state index contributed by atoms with van der Waals surface area (Å²) in [5.74, 6) is 0. The van der Waals surface area contributed by atoms with Crippen LogP contribution in [-0.2, 0) is 6.42 Å². The molecule has 0 aliphatic rings. The number of halogens is 2. The van der Waals surface area contributed by atoms with Crippen LogP contribution in [-0.4, -0.2) is 14.6 Å². The fourth-order valence-electron chi connectivity index (χ4n) is 1.33. The van der Waals surface area contributed by atoms with E-state index in [1.54, 1.807) is 10.7 Å². The summed E-state index contributed by atoms with van der Waals surface area (Å²) in [6.07, 6.45) is 3.70. The van der Waals surface area contributed by atoms with Gasteiger partial charge in [-0.05, 0) is 28.4 Å². The van der Waals surface area contributed by atoms with Gasteiger partial charge in [-0.2, -0.15) is 5.10 Å². The summed E-state index contributed by atoms with van der Waals surface area (Å²) >= 11 is 9.43. The lowest BCUT2D eigenvalue weighted by Crippen LogP contribution is -1.97. The molecule has 74 valence electrons. The van der Waals surface area contributed by atoms with Crippen LogP contribution in [0, 0.1) is 0 Å². The van der Waals surface area contributed by atoms with Gasteiger partial charge in [-0.25, -0.2) is 9.50 Å². The van der Waals surface area contributed by atoms with E-state index >= 15 is 0 Å². The Bertz CT molecular complexity index is 466. The van der Waals surface area contributed by atoms with Gasteiger partial charge in [-0.3, -0.25) is 0 Å². The first-order chi connectivity index (χ1) is 6.72. The Balaban J connectivity index is 2.63. The van der Waals surface area contributed by atoms with Crippen LogP contribution in [0.1, 0.15) is 19.0 Å². The fraction of sp³-hybridized carbons (Fsp3) is 0.333. The lowest BCUT2D eigenvalue weighted by Gasteiger charge is -2.01. The number of aromatic nitrogens is 3. The number of rotatable bonds is 2. The van der Waals surface area contributed by atoms with Crippen molar-refractivity contribution >= 4 is 33.2 Å². The van der Waals surface area contributed by atoms with E-state index in [0.717, 1.165) is 28.7 Å². The first-order valence-electron chi connectivity index (χ1n) is 4.41. The Labute approximate surface area is 95.2 Å². The smallest absolute Gasteiger partial charge is 0.171 e. The fourth-order valence-corrected chi connectivity index (χ4v) is 1.93. The van der Waals surface area contributed by atoms with Crippen molar-refractivity contribution in [3.05, 3.63) is 27.6 Å². The molecule has 0 N–H and O–H groups in total. The first kappa shape index (κ1) is 9.93. The van der Waals surface area contributed by atoms with Crippen LogP contribution in [0.5, 0.6) is 0 Å². The first-order valence-corrected chi connectivity index (χ1v) is 5.58. The number of hydrogen-bond donors (Lipinski definition) is 0. The Morgan fingerprint density at radius 2 is 2.36 bits per heavy atom. The molecule has 0 aromatic carbocycles. The number of hydrogen-bond acceptors (Lipinski definition) is 2. The minimum Gasteiger partial charge on any atom is -0.232 e. The quantitative estimate of drug-likeness (QED) is 0.788. The molecule has 2 heterocycles. The maximum atomic E-state index is 6.05. The van der Waals surface area contributed by atoms with Gasteiger partial charge in [-0.15, -0.1) is 0 Å². The highest BCUT2D eigenvalue weighted by Gasteiger charge is 2.07. The van der Waals surface area contributed by atoms with Crippen LogP contribution in [0.25, 0.3) is 5.65 Å². The number of aryl methyl sites for hydroxylation is 1. The second-order valence-corrected chi connectivity index (χ2v) is 4.29. The van der Waals surface area contributed by atoms with E-state index < -0.39 is 0 Å². The molecular weight excluding hydrogens is 265 g/mol. The third kappa shape index (κ3) is 1.64. The topological polar surface area (TPSA) is 30.2 Å². The number of fused-ring (bicyclic) bond motifs is 1. The lowest BCUT2D eigenvalue weighted by molar-refractivity contribution is 0.858. The molecule has 0 saturated carbocycles. The van der Waals surface area contributed by atoms with Crippen LogP contribution in [0.4, 0.5) is 0 Å². The molecule has 2 aromatic heterocycles. The van der Waals surface area contributed by atoms with Crippen LogP contribution in [0.3, 0.4) is 0 Å². The molecule has 0 aliphatic carbocycles. The molecule has 0 saturated heterocycles. The standard InChI is InChI=1S/C9H9BrClN3/c1-2-3-6-4-8(11)14-9(13-6)7(10)5-12-14/h4-5H,2-3H2,1H3. The zero-order valence-corrected chi connectivity index (χ0v) is 10.0. The summed E-state index contributed by atoms with van der Waals surface area (Å²) in [6, 6.07) is 1.86. The molecule has 0 fully saturated rings. The van der Waals surface area contributed by atoms with E-state index in [2.05, 4.69) is 32.9 Å². The lowest BCUT2D eigenvalue weighted by atomic mass is 10.2. The van der Waals surface area contributed by atoms with Gasteiger partial charge in [-0.1, -0.05) is 24.9 Å². The molecule has 5 heteroatoms. The molecule has 14 heavy (non-hydrogen) atoms. The van der Waals surface area contributed by atoms with E-state index in [1.165, 1.54) is 0 Å². The summed E-state index contributed by atoms with van der Waals surface area (Å²) < 4.78 is 2.49. The number of nitrogens with zero attached hydrogens (tertiary/aromatic N) is 3. The predicted octanol–water partition coefficient (Wildman–Crippen LogP) is 3.10. The summed E-state index contributed by atoms with van der Waals surface area (Å²) in [6.45, 7) is 2.12. The molecule has 0 spiro atoms. The zero-order chi connectivity index (χ0) is 10.1. The highest BCUT2D eigenvalue weighted by Crippen LogP contribution is 2.20. The largest absolute Gasteiger partial charge is 0.232 e. The van der Waals surface area contributed by atoms with Crippen LogP contribution >= 0.6 is 27.5 Å². The van der Waals surface area contributed by atoms with Crippen molar-refractivity contribution in [1.82, 2.24) is 14.6 Å². The molecule has 0 radical (unpaired) electrons. The highest BCUT2D eigenvalue weighted by atomic mass is 79.9. The second-order valence-electron chi connectivity index (χ2n) is 3.05. The Kier molecular flexibility index (Phi) is 2.74. The van der Waals surface area contributed by atoms with Crippen molar-refractivity contribution in [3.8, 4) is 0 Å². The van der Waals surface area contributed by atoms with Crippen molar-refractivity contribution in [2.45, 2.75) is 19.8 Å².